The summed E-state index contributed by atoms with van der Waals surface area (Å²) < 4.78 is 54.3. The third kappa shape index (κ3) is 3.51. The van der Waals surface area contributed by atoms with Crippen molar-refractivity contribution in [2.45, 2.75) is 31.2 Å². The molecule has 0 aliphatic carbocycles. The Morgan fingerprint density at radius 2 is 1.59 bits per heavy atom. The van der Waals surface area contributed by atoms with Crippen molar-refractivity contribution >= 4 is 10.0 Å². The van der Waals surface area contributed by atoms with Crippen LogP contribution in [0, 0.1) is 18.6 Å². The highest BCUT2D eigenvalue weighted by Gasteiger charge is 2.26. The maximum atomic E-state index is 13.7. The number of hydrogen-bond donors (Lipinski definition) is 1. The van der Waals surface area contributed by atoms with Gasteiger partial charge in [-0.2, -0.15) is 0 Å². The topological polar surface area (TPSA) is 46.2 Å². The zero-order valence-corrected chi connectivity index (χ0v) is 13.1. The van der Waals surface area contributed by atoms with Gasteiger partial charge >= 0.3 is 0 Å². The summed E-state index contributed by atoms with van der Waals surface area (Å²) in [6.45, 7) is 3.72. The van der Waals surface area contributed by atoms with E-state index in [1.807, 2.05) is 19.1 Å². The lowest BCUT2D eigenvalue weighted by Crippen LogP contribution is -2.29. The van der Waals surface area contributed by atoms with Gasteiger partial charge in [0.1, 0.15) is 11.6 Å². The van der Waals surface area contributed by atoms with Gasteiger partial charge in [0.25, 0.3) is 0 Å². The van der Waals surface area contributed by atoms with Crippen LogP contribution < -0.4 is 4.72 Å². The molecule has 0 bridgehead atoms. The highest BCUT2D eigenvalue weighted by molar-refractivity contribution is 7.89. The zero-order chi connectivity index (χ0) is 16.3. The normalized spacial score (nSPS) is 13.1. The maximum absolute atomic E-state index is 13.7. The molecule has 0 saturated carbocycles. The molecule has 1 N–H and O–H groups in total. The van der Waals surface area contributed by atoms with Crippen molar-refractivity contribution in [1.29, 1.82) is 0 Å². The minimum atomic E-state index is -4.29. The summed E-state index contributed by atoms with van der Waals surface area (Å²) in [5.41, 5.74) is 1.79. The van der Waals surface area contributed by atoms with Crippen molar-refractivity contribution in [3.05, 3.63) is 65.2 Å². The number of aryl methyl sites for hydroxylation is 1. The van der Waals surface area contributed by atoms with Crippen molar-refractivity contribution in [2.24, 2.45) is 0 Å². The van der Waals surface area contributed by atoms with E-state index in [-0.39, 0.29) is 0 Å². The molecule has 0 amide bonds. The SMILES string of the molecule is CC[C@H](NS(=O)(=O)c1c(F)cccc1F)c1ccc(C)cc1. The van der Waals surface area contributed by atoms with Gasteiger partial charge in [0.15, 0.2) is 4.90 Å². The fraction of sp³-hybridized carbons (Fsp3) is 0.250. The predicted octanol–water partition coefficient (Wildman–Crippen LogP) is 3.70. The standard InChI is InChI=1S/C16H17F2NO2S/c1-3-15(12-9-7-11(2)8-10-12)19-22(20,21)16-13(17)5-4-6-14(16)18/h4-10,15,19H,3H2,1-2H3/t15-/m0/s1. The molecule has 3 nitrogen and oxygen atoms in total. The molecule has 0 fully saturated rings. The fourth-order valence-electron chi connectivity index (χ4n) is 2.17. The lowest BCUT2D eigenvalue weighted by atomic mass is 10.0. The Kier molecular flexibility index (Phi) is 4.93. The Hall–Kier alpha value is -1.79. The number of halogens is 2. The van der Waals surface area contributed by atoms with E-state index >= 15 is 0 Å². The molecule has 0 aromatic heterocycles. The summed E-state index contributed by atoms with van der Waals surface area (Å²) in [6, 6.07) is 9.72. The van der Waals surface area contributed by atoms with Gasteiger partial charge in [-0.15, -0.1) is 0 Å². The number of benzene rings is 2. The summed E-state index contributed by atoms with van der Waals surface area (Å²) in [6.07, 6.45) is 0.457. The van der Waals surface area contributed by atoms with Gasteiger partial charge in [-0.1, -0.05) is 42.8 Å². The Balaban J connectivity index is 2.36. The molecule has 0 spiro atoms. The molecular formula is C16H17F2NO2S. The largest absolute Gasteiger partial charge is 0.246 e. The molecule has 0 aliphatic rings. The minimum absolute atomic E-state index is 0.457. The third-order valence-electron chi connectivity index (χ3n) is 3.37. The van der Waals surface area contributed by atoms with Crippen LogP contribution in [0.25, 0.3) is 0 Å². The smallest absolute Gasteiger partial charge is 0.207 e. The number of hydrogen-bond acceptors (Lipinski definition) is 2. The first kappa shape index (κ1) is 16.6. The fourth-order valence-corrected chi connectivity index (χ4v) is 3.62. The van der Waals surface area contributed by atoms with Crippen molar-refractivity contribution < 1.29 is 17.2 Å². The molecule has 0 heterocycles. The summed E-state index contributed by atoms with van der Waals surface area (Å²) in [5.74, 6) is -2.21. The van der Waals surface area contributed by atoms with Gasteiger partial charge in [0, 0.05) is 6.04 Å². The second-order valence-corrected chi connectivity index (χ2v) is 6.69. The van der Waals surface area contributed by atoms with Crippen LogP contribution in [0.4, 0.5) is 8.78 Å². The average molecular weight is 325 g/mol. The molecule has 118 valence electrons. The van der Waals surface area contributed by atoms with E-state index in [0.717, 1.165) is 29.3 Å². The van der Waals surface area contributed by atoms with E-state index in [1.165, 1.54) is 0 Å². The molecule has 0 unspecified atom stereocenters. The van der Waals surface area contributed by atoms with Crippen molar-refractivity contribution in [3.8, 4) is 0 Å². The van der Waals surface area contributed by atoms with Crippen LogP contribution in [0.5, 0.6) is 0 Å². The Morgan fingerprint density at radius 1 is 1.05 bits per heavy atom. The molecular weight excluding hydrogens is 308 g/mol. The molecule has 6 heteroatoms. The number of sulfonamides is 1. The van der Waals surface area contributed by atoms with Crippen LogP contribution in [0.1, 0.15) is 30.5 Å². The second kappa shape index (κ2) is 6.54. The predicted molar refractivity (Wildman–Crippen MR) is 80.9 cm³/mol. The van der Waals surface area contributed by atoms with Gasteiger partial charge < -0.3 is 0 Å². The number of rotatable bonds is 5. The monoisotopic (exact) mass is 325 g/mol. The van der Waals surface area contributed by atoms with E-state index < -0.39 is 32.6 Å². The van der Waals surface area contributed by atoms with Crippen LogP contribution in [0.15, 0.2) is 47.4 Å². The number of nitrogens with one attached hydrogen (secondary N) is 1. The molecule has 2 aromatic rings. The third-order valence-corrected chi connectivity index (χ3v) is 4.90. The van der Waals surface area contributed by atoms with Gasteiger partial charge in [-0.05, 0) is 31.0 Å². The van der Waals surface area contributed by atoms with Gasteiger partial charge in [-0.25, -0.2) is 21.9 Å². The van der Waals surface area contributed by atoms with E-state index in [2.05, 4.69) is 4.72 Å². The van der Waals surface area contributed by atoms with Gasteiger partial charge in [0.05, 0.1) is 0 Å². The minimum Gasteiger partial charge on any atom is -0.207 e. The molecule has 0 radical (unpaired) electrons. The molecule has 2 aromatic carbocycles. The van der Waals surface area contributed by atoms with Crippen molar-refractivity contribution in [2.75, 3.05) is 0 Å². The molecule has 22 heavy (non-hydrogen) atoms. The molecule has 2 rings (SSSR count). The van der Waals surface area contributed by atoms with Crippen LogP contribution in [0.3, 0.4) is 0 Å². The van der Waals surface area contributed by atoms with Crippen LogP contribution >= 0.6 is 0 Å². The van der Waals surface area contributed by atoms with Gasteiger partial charge in [-0.3, -0.25) is 0 Å². The highest BCUT2D eigenvalue weighted by Crippen LogP contribution is 2.23. The first-order chi connectivity index (χ1) is 10.3. The summed E-state index contributed by atoms with van der Waals surface area (Å²) in [7, 11) is -4.29. The zero-order valence-electron chi connectivity index (χ0n) is 12.3. The Bertz CT molecular complexity index is 738. The lowest BCUT2D eigenvalue weighted by molar-refractivity contribution is 0.504. The Morgan fingerprint density at radius 3 is 2.09 bits per heavy atom. The quantitative estimate of drug-likeness (QED) is 0.911. The maximum Gasteiger partial charge on any atom is 0.246 e. The summed E-state index contributed by atoms with van der Waals surface area (Å²) >= 11 is 0. The second-order valence-electron chi connectivity index (χ2n) is 5.04. The van der Waals surface area contributed by atoms with Crippen molar-refractivity contribution in [1.82, 2.24) is 4.72 Å². The van der Waals surface area contributed by atoms with E-state index in [1.54, 1.807) is 19.1 Å². The summed E-state index contributed by atoms with van der Waals surface area (Å²) in [5, 5.41) is 0. The Labute approximate surface area is 129 Å². The van der Waals surface area contributed by atoms with E-state index in [4.69, 9.17) is 0 Å². The molecule has 0 saturated heterocycles. The summed E-state index contributed by atoms with van der Waals surface area (Å²) in [4.78, 5) is -0.944. The average Bonchev–Trinajstić information content (AvgIpc) is 2.45. The van der Waals surface area contributed by atoms with Crippen LogP contribution in [-0.2, 0) is 10.0 Å². The highest BCUT2D eigenvalue weighted by atomic mass is 32.2. The first-order valence-electron chi connectivity index (χ1n) is 6.88. The molecule has 0 aliphatic heterocycles. The first-order valence-corrected chi connectivity index (χ1v) is 8.36. The van der Waals surface area contributed by atoms with Gasteiger partial charge in [0.2, 0.25) is 10.0 Å². The molecule has 1 atom stereocenters. The van der Waals surface area contributed by atoms with E-state index in [9.17, 15) is 17.2 Å². The van der Waals surface area contributed by atoms with Crippen LogP contribution in [-0.4, -0.2) is 8.42 Å². The van der Waals surface area contributed by atoms with Crippen molar-refractivity contribution in [3.63, 3.8) is 0 Å². The van der Waals surface area contributed by atoms with E-state index in [0.29, 0.717) is 6.42 Å². The lowest BCUT2D eigenvalue weighted by Gasteiger charge is -2.18. The van der Waals surface area contributed by atoms with Crippen LogP contribution in [0.2, 0.25) is 0 Å².